The predicted molar refractivity (Wildman–Crippen MR) is 169 cm³/mol. The van der Waals surface area contributed by atoms with Gasteiger partial charge in [-0.15, -0.1) is 0 Å². The van der Waals surface area contributed by atoms with Crippen molar-refractivity contribution in [2.24, 2.45) is 0 Å². The van der Waals surface area contributed by atoms with Crippen LogP contribution in [0.2, 0.25) is 0 Å². The van der Waals surface area contributed by atoms with Gasteiger partial charge < -0.3 is 14.4 Å². The van der Waals surface area contributed by atoms with E-state index in [0.717, 1.165) is 68.7 Å². The molecule has 0 saturated carbocycles. The second-order valence-corrected chi connectivity index (χ2v) is 14.7. The van der Waals surface area contributed by atoms with Crippen LogP contribution in [0.1, 0.15) is 75.1 Å². The van der Waals surface area contributed by atoms with Crippen molar-refractivity contribution in [1.29, 1.82) is 5.26 Å². The van der Waals surface area contributed by atoms with Crippen molar-refractivity contribution < 1.29 is 18.7 Å². The van der Waals surface area contributed by atoms with E-state index in [0.29, 0.717) is 50.7 Å². The minimum Gasteiger partial charge on any atom is -0.475 e. The number of pyridine rings is 1. The average molecular weight is 617 g/mol. The number of ether oxygens (including phenoxy) is 2. The summed E-state index contributed by atoms with van der Waals surface area (Å²) in [5, 5.41) is 10.5. The van der Waals surface area contributed by atoms with Crippen LogP contribution in [0.15, 0.2) is 30.3 Å². The number of nitrogens with zero attached hydrogens (tertiary/aromatic N) is 6. The summed E-state index contributed by atoms with van der Waals surface area (Å²) in [5.41, 5.74) is 2.95. The van der Waals surface area contributed by atoms with Gasteiger partial charge in [0.15, 0.2) is 0 Å². The molecular weight excluding hydrogens is 571 g/mol. The first kappa shape index (κ1) is 30.2. The summed E-state index contributed by atoms with van der Waals surface area (Å²) in [6.07, 6.45) is 3.94. The number of anilines is 1. The maximum Gasteiger partial charge on any atom is 0.410 e. The number of amides is 1. The summed E-state index contributed by atoms with van der Waals surface area (Å²) in [6.45, 7) is 11.0. The van der Waals surface area contributed by atoms with Crippen molar-refractivity contribution in [1.82, 2.24) is 19.7 Å². The van der Waals surface area contributed by atoms with Gasteiger partial charge in [-0.25, -0.2) is 9.18 Å². The number of halogens is 1. The lowest BCUT2D eigenvalue weighted by atomic mass is 9.94. The predicted octanol–water partition coefficient (Wildman–Crippen LogP) is 5.05. The number of rotatable bonds is 6. The van der Waals surface area contributed by atoms with Crippen LogP contribution in [-0.4, -0.2) is 94.5 Å². The van der Waals surface area contributed by atoms with Gasteiger partial charge in [-0.1, -0.05) is 30.3 Å². The Balaban J connectivity index is 1.20. The molecule has 4 atom stereocenters. The van der Waals surface area contributed by atoms with Crippen molar-refractivity contribution in [2.45, 2.75) is 102 Å². The Morgan fingerprint density at radius 3 is 2.58 bits per heavy atom. The highest BCUT2D eigenvalue weighted by atomic mass is 19.1. The van der Waals surface area contributed by atoms with Gasteiger partial charge in [0.2, 0.25) is 5.88 Å². The lowest BCUT2D eigenvalue weighted by molar-refractivity contribution is 0.0122. The zero-order chi connectivity index (χ0) is 31.3. The highest BCUT2D eigenvalue weighted by Crippen LogP contribution is 2.43. The molecule has 0 spiro atoms. The second kappa shape index (κ2) is 11.7. The van der Waals surface area contributed by atoms with Crippen molar-refractivity contribution in [2.75, 3.05) is 44.2 Å². The molecule has 5 aliphatic heterocycles. The number of fused-ring (bicyclic) bond motifs is 4. The molecule has 10 heteroatoms. The van der Waals surface area contributed by atoms with E-state index < -0.39 is 11.8 Å². The molecule has 0 radical (unpaired) electrons. The molecule has 9 nitrogen and oxygen atoms in total. The smallest absolute Gasteiger partial charge is 0.410 e. The van der Waals surface area contributed by atoms with Crippen molar-refractivity contribution >= 4 is 11.9 Å². The SMILES string of the molecule is CC(C)(C)OC(=O)N1C2CCC1CN(c1nc(OCC34CCCN3C[C@H](F)C4)c(C#N)c3c1CCN(Cc1ccccc1)C3)C2. The summed E-state index contributed by atoms with van der Waals surface area (Å²) in [6, 6.07) is 13.0. The molecule has 6 heterocycles. The molecule has 1 aromatic carbocycles. The zero-order valence-corrected chi connectivity index (χ0v) is 26.8. The second-order valence-electron chi connectivity index (χ2n) is 14.7. The monoisotopic (exact) mass is 616 g/mol. The number of carbonyl (C=O) groups excluding carboxylic acids is 1. The number of piperazine rings is 1. The Bertz CT molecular complexity index is 1460. The minimum absolute atomic E-state index is 0.0418. The van der Waals surface area contributed by atoms with Gasteiger partial charge >= 0.3 is 6.09 Å². The fraction of sp³-hybridized carbons (Fsp3) is 0.629. The molecule has 1 amide bonds. The molecule has 4 fully saturated rings. The summed E-state index contributed by atoms with van der Waals surface area (Å²) in [5.74, 6) is 1.23. The van der Waals surface area contributed by atoms with E-state index in [1.54, 1.807) is 0 Å². The normalized spacial score (nSPS) is 28.1. The van der Waals surface area contributed by atoms with Crippen LogP contribution in [0.3, 0.4) is 0 Å². The maximum absolute atomic E-state index is 14.6. The summed E-state index contributed by atoms with van der Waals surface area (Å²) in [7, 11) is 0. The van der Waals surface area contributed by atoms with Gasteiger partial charge in [0.1, 0.15) is 35.8 Å². The molecule has 45 heavy (non-hydrogen) atoms. The van der Waals surface area contributed by atoms with Gasteiger partial charge in [-0.05, 0) is 70.5 Å². The maximum atomic E-state index is 14.6. The minimum atomic E-state index is -0.848. The third-order valence-electron chi connectivity index (χ3n) is 10.4. The molecule has 7 rings (SSSR count). The average Bonchev–Trinajstić information content (AvgIpc) is 3.62. The molecule has 4 saturated heterocycles. The van der Waals surface area contributed by atoms with Crippen LogP contribution < -0.4 is 9.64 Å². The van der Waals surface area contributed by atoms with Gasteiger partial charge in [0.05, 0.1) is 17.6 Å². The van der Waals surface area contributed by atoms with Crippen molar-refractivity contribution in [3.63, 3.8) is 0 Å². The summed E-state index contributed by atoms with van der Waals surface area (Å²) < 4.78 is 26.9. The number of hydrogen-bond donors (Lipinski definition) is 0. The quantitative estimate of drug-likeness (QED) is 0.446. The number of alkyl halides is 1. The summed E-state index contributed by atoms with van der Waals surface area (Å²) >= 11 is 0. The van der Waals surface area contributed by atoms with E-state index in [2.05, 4.69) is 45.0 Å². The first-order valence-corrected chi connectivity index (χ1v) is 16.6. The number of hydrogen-bond acceptors (Lipinski definition) is 8. The number of benzene rings is 1. The summed E-state index contributed by atoms with van der Waals surface area (Å²) in [4.78, 5) is 27.2. The lowest BCUT2D eigenvalue weighted by Gasteiger charge is -2.43. The van der Waals surface area contributed by atoms with E-state index in [-0.39, 0.29) is 23.7 Å². The number of carbonyl (C=O) groups is 1. The van der Waals surface area contributed by atoms with E-state index in [1.807, 2.05) is 31.7 Å². The van der Waals surface area contributed by atoms with Crippen LogP contribution in [0.25, 0.3) is 0 Å². The first-order chi connectivity index (χ1) is 21.6. The van der Waals surface area contributed by atoms with Crippen molar-refractivity contribution in [3.05, 3.63) is 52.6 Å². The van der Waals surface area contributed by atoms with Gasteiger partial charge in [0.25, 0.3) is 0 Å². The third-order valence-corrected chi connectivity index (χ3v) is 10.4. The van der Waals surface area contributed by atoms with Crippen molar-refractivity contribution in [3.8, 4) is 11.9 Å². The van der Waals surface area contributed by atoms with Gasteiger partial charge in [-0.3, -0.25) is 14.7 Å². The van der Waals surface area contributed by atoms with E-state index in [9.17, 15) is 14.4 Å². The molecule has 1 aromatic heterocycles. The largest absolute Gasteiger partial charge is 0.475 e. The third kappa shape index (κ3) is 5.85. The molecule has 240 valence electrons. The van der Waals surface area contributed by atoms with Crippen LogP contribution in [-0.2, 0) is 24.2 Å². The van der Waals surface area contributed by atoms with E-state index in [1.165, 1.54) is 5.56 Å². The molecule has 0 N–H and O–H groups in total. The van der Waals surface area contributed by atoms with Crippen LogP contribution in [0.5, 0.6) is 5.88 Å². The van der Waals surface area contributed by atoms with Crippen LogP contribution in [0.4, 0.5) is 15.0 Å². The first-order valence-electron chi connectivity index (χ1n) is 16.6. The fourth-order valence-corrected chi connectivity index (χ4v) is 8.44. The Kier molecular flexibility index (Phi) is 7.89. The van der Waals surface area contributed by atoms with E-state index in [4.69, 9.17) is 14.5 Å². The standard InChI is InChI=1S/C35H45FN6O3/c1-34(2,3)45-33(43)42-26-10-11-27(42)21-40(20-26)31-28-12-15-39(18-24-8-5-4-6-9-24)22-30(28)29(17-37)32(38-31)44-23-35-13-7-14-41(35)19-25(36)16-35/h4-6,8-9,25-27H,7,10-16,18-23H2,1-3H3/t25-,26?,27?,35?/m1/s1. The van der Waals surface area contributed by atoms with Crippen LogP contribution >= 0.6 is 0 Å². The zero-order valence-electron chi connectivity index (χ0n) is 26.8. The highest BCUT2D eigenvalue weighted by Gasteiger charge is 2.50. The fourth-order valence-electron chi connectivity index (χ4n) is 8.44. The lowest BCUT2D eigenvalue weighted by Crippen LogP contribution is -2.57. The molecule has 2 aromatic rings. The number of nitriles is 1. The molecular formula is C35H45FN6O3. The topological polar surface area (TPSA) is 85.2 Å². The van der Waals surface area contributed by atoms with E-state index >= 15 is 0 Å². The molecule has 0 aliphatic carbocycles. The Labute approximate surface area is 265 Å². The molecule has 5 aliphatic rings. The van der Waals surface area contributed by atoms with Gasteiger partial charge in [0, 0.05) is 51.3 Å². The number of aromatic nitrogens is 1. The Morgan fingerprint density at radius 2 is 1.87 bits per heavy atom. The molecule has 3 unspecified atom stereocenters. The molecule has 2 bridgehead atoms. The van der Waals surface area contributed by atoms with Crippen LogP contribution in [0, 0.1) is 11.3 Å². The Morgan fingerprint density at radius 1 is 1.11 bits per heavy atom. The highest BCUT2D eigenvalue weighted by molar-refractivity contribution is 5.71. The Hall–Kier alpha value is -3.42. The van der Waals surface area contributed by atoms with Gasteiger partial charge in [-0.2, -0.15) is 10.2 Å².